The van der Waals surface area contributed by atoms with Crippen LogP contribution in [-0.2, 0) is 11.3 Å². The Labute approximate surface area is 186 Å². The summed E-state index contributed by atoms with van der Waals surface area (Å²) in [4.78, 5) is 17.9. The van der Waals surface area contributed by atoms with Crippen molar-refractivity contribution in [1.82, 2.24) is 14.8 Å². The summed E-state index contributed by atoms with van der Waals surface area (Å²) >= 11 is 0. The Morgan fingerprint density at radius 3 is 2.81 bits per heavy atom. The molecule has 166 valence electrons. The normalized spacial score (nSPS) is 42.1. The van der Waals surface area contributed by atoms with Gasteiger partial charge >= 0.3 is 0 Å². The number of rotatable bonds is 3. The van der Waals surface area contributed by atoms with Crippen molar-refractivity contribution >= 4 is 16.8 Å². The molecule has 4 saturated carbocycles. The average Bonchev–Trinajstić information content (AvgIpc) is 3.33. The number of nitrogens with zero attached hydrogens (tertiary/aromatic N) is 3. The number of hydrogen-bond donors (Lipinski definition) is 0. The van der Waals surface area contributed by atoms with Crippen molar-refractivity contribution < 1.29 is 4.79 Å². The number of aromatic nitrogens is 3. The van der Waals surface area contributed by atoms with Gasteiger partial charge in [-0.05, 0) is 104 Å². The van der Waals surface area contributed by atoms with E-state index in [4.69, 9.17) is 0 Å². The van der Waals surface area contributed by atoms with Crippen LogP contribution in [-0.4, -0.2) is 20.5 Å². The van der Waals surface area contributed by atoms with Crippen LogP contribution in [0.2, 0.25) is 0 Å². The first-order valence-electron chi connectivity index (χ1n) is 12.8. The first-order valence-corrected chi connectivity index (χ1v) is 12.8. The van der Waals surface area contributed by atoms with Gasteiger partial charge in [-0.25, -0.2) is 0 Å². The van der Waals surface area contributed by atoms with Gasteiger partial charge in [-0.2, -0.15) is 5.10 Å². The van der Waals surface area contributed by atoms with Crippen molar-refractivity contribution in [1.29, 1.82) is 0 Å². The Morgan fingerprint density at radius 2 is 1.94 bits per heavy atom. The summed E-state index contributed by atoms with van der Waals surface area (Å²) in [5.74, 6) is 6.12. The molecule has 0 amide bonds. The van der Waals surface area contributed by atoms with Crippen molar-refractivity contribution in [2.75, 3.05) is 0 Å². The van der Waals surface area contributed by atoms with E-state index in [1.807, 2.05) is 23.0 Å². The molecule has 0 bridgehead atoms. The van der Waals surface area contributed by atoms with Gasteiger partial charge in [0.1, 0.15) is 11.0 Å². The molecule has 0 saturated heterocycles. The maximum Gasteiger partial charge on any atom is 0.157 e. The highest BCUT2D eigenvalue weighted by Gasteiger charge is 2.58. The quantitative estimate of drug-likeness (QED) is 0.622. The van der Waals surface area contributed by atoms with Gasteiger partial charge in [-0.1, -0.05) is 20.3 Å². The Hall–Kier alpha value is -1.71. The molecule has 0 aliphatic heterocycles. The number of carbonyl (C=O) groups is 1. The summed E-state index contributed by atoms with van der Waals surface area (Å²) < 4.78 is 1.83. The third-order valence-corrected chi connectivity index (χ3v) is 10.2. The van der Waals surface area contributed by atoms with Crippen LogP contribution in [0.3, 0.4) is 0 Å². The molecule has 2 heterocycles. The van der Waals surface area contributed by atoms with Crippen molar-refractivity contribution in [3.8, 4) is 0 Å². The molecule has 4 fully saturated rings. The van der Waals surface area contributed by atoms with E-state index in [-0.39, 0.29) is 11.3 Å². The molecule has 8 atom stereocenters. The van der Waals surface area contributed by atoms with Crippen molar-refractivity contribution in [2.45, 2.75) is 78.2 Å². The summed E-state index contributed by atoms with van der Waals surface area (Å²) in [5, 5.41) is 4.60. The lowest BCUT2D eigenvalue weighted by Gasteiger charge is -2.56. The Kier molecular flexibility index (Phi) is 4.77. The molecule has 6 rings (SSSR count). The van der Waals surface area contributed by atoms with E-state index in [9.17, 15) is 4.79 Å². The smallest absolute Gasteiger partial charge is 0.157 e. The number of ketones is 1. The maximum atomic E-state index is 13.5. The van der Waals surface area contributed by atoms with Crippen LogP contribution in [0.5, 0.6) is 0 Å². The van der Waals surface area contributed by atoms with Crippen molar-refractivity contribution in [3.05, 3.63) is 24.5 Å². The van der Waals surface area contributed by atoms with Gasteiger partial charge in [0.15, 0.2) is 5.78 Å². The Morgan fingerprint density at radius 1 is 1.06 bits per heavy atom. The monoisotopic (exact) mass is 419 g/mol. The van der Waals surface area contributed by atoms with Crippen LogP contribution in [0.4, 0.5) is 0 Å². The highest BCUT2D eigenvalue weighted by atomic mass is 16.1. The standard InChI is InChI=1S/C27H37N3O/c1-17-5-7-19-18(14-17)6-8-21-20(19)11-12-27(2)22(21)9-10-23(27)26(31)16-30-15-25-24(29-30)4-3-13-28-25/h3-4,13,15,17-23H,5-12,14,16H2,1-2H3/t17-,18+,19-,20?,21+,22?,23+,27-/m0/s1. The van der Waals surface area contributed by atoms with E-state index >= 15 is 0 Å². The second-order valence-corrected chi connectivity index (χ2v) is 11.7. The minimum absolute atomic E-state index is 0.206. The molecule has 0 radical (unpaired) electrons. The molecule has 2 unspecified atom stereocenters. The summed E-state index contributed by atoms with van der Waals surface area (Å²) in [7, 11) is 0. The van der Waals surface area contributed by atoms with E-state index in [1.165, 1.54) is 51.4 Å². The minimum Gasteiger partial charge on any atom is -0.297 e. The number of pyridine rings is 1. The fourth-order valence-electron chi connectivity index (χ4n) is 8.87. The lowest BCUT2D eigenvalue weighted by molar-refractivity contribution is -0.131. The number of Topliss-reactive ketones (excluding diaryl/α,β-unsaturated/α-hetero) is 1. The van der Waals surface area contributed by atoms with Gasteiger partial charge in [0.25, 0.3) is 0 Å². The molecule has 4 aliphatic carbocycles. The lowest BCUT2D eigenvalue weighted by atomic mass is 9.49. The molecule has 4 aliphatic rings. The van der Waals surface area contributed by atoms with Gasteiger partial charge in [0.05, 0.1) is 12.7 Å². The summed E-state index contributed by atoms with van der Waals surface area (Å²) in [6.45, 7) is 5.34. The Bertz CT molecular complexity index is 949. The summed E-state index contributed by atoms with van der Waals surface area (Å²) in [6, 6.07) is 3.88. The predicted molar refractivity (Wildman–Crippen MR) is 122 cm³/mol. The average molecular weight is 420 g/mol. The maximum absolute atomic E-state index is 13.5. The summed E-state index contributed by atoms with van der Waals surface area (Å²) in [5.41, 5.74) is 1.97. The van der Waals surface area contributed by atoms with Crippen molar-refractivity contribution in [3.63, 3.8) is 0 Å². The van der Waals surface area contributed by atoms with Gasteiger partial charge in [-0.3, -0.25) is 14.5 Å². The molecular weight excluding hydrogens is 382 g/mol. The first-order chi connectivity index (χ1) is 15.0. The van der Waals surface area contributed by atoms with Crippen LogP contribution in [0, 0.1) is 46.8 Å². The zero-order valence-corrected chi connectivity index (χ0v) is 19.2. The van der Waals surface area contributed by atoms with Crippen LogP contribution < -0.4 is 0 Å². The third-order valence-electron chi connectivity index (χ3n) is 10.2. The second-order valence-electron chi connectivity index (χ2n) is 11.7. The Balaban J connectivity index is 1.19. The molecule has 0 spiro atoms. The second kappa shape index (κ2) is 7.42. The first kappa shape index (κ1) is 19.9. The van der Waals surface area contributed by atoms with Gasteiger partial charge in [0.2, 0.25) is 0 Å². The van der Waals surface area contributed by atoms with E-state index in [0.29, 0.717) is 12.3 Å². The van der Waals surface area contributed by atoms with Crippen molar-refractivity contribution in [2.24, 2.45) is 46.8 Å². The fourth-order valence-corrected chi connectivity index (χ4v) is 8.87. The number of hydrogen-bond acceptors (Lipinski definition) is 3. The van der Waals surface area contributed by atoms with E-state index in [1.54, 1.807) is 6.20 Å². The highest BCUT2D eigenvalue weighted by molar-refractivity contribution is 5.82. The van der Waals surface area contributed by atoms with Gasteiger partial charge in [-0.15, -0.1) is 0 Å². The van der Waals surface area contributed by atoms with E-state index in [2.05, 4.69) is 23.9 Å². The fraction of sp³-hybridized carbons (Fsp3) is 0.741. The molecule has 2 aromatic heterocycles. The molecule has 0 aromatic carbocycles. The zero-order valence-electron chi connectivity index (χ0n) is 19.2. The molecule has 2 aromatic rings. The van der Waals surface area contributed by atoms with Crippen LogP contribution in [0.1, 0.15) is 71.6 Å². The number of fused-ring (bicyclic) bond motifs is 6. The SMILES string of the molecule is C[C@H]1CC[C@@H]2C3CC[C@@]4(C)C(CC[C@@H]4C(=O)Cn4cc5ncccc5n4)[C@@H]3CC[C@@H]2C1. The van der Waals surface area contributed by atoms with E-state index in [0.717, 1.165) is 53.0 Å². The van der Waals surface area contributed by atoms with Crippen LogP contribution in [0.25, 0.3) is 11.0 Å². The van der Waals surface area contributed by atoms with Gasteiger partial charge in [0, 0.05) is 12.1 Å². The number of carbonyl (C=O) groups excluding carboxylic acids is 1. The summed E-state index contributed by atoms with van der Waals surface area (Å²) in [6.07, 6.45) is 16.0. The third kappa shape index (κ3) is 3.19. The molecule has 4 nitrogen and oxygen atoms in total. The van der Waals surface area contributed by atoms with Crippen LogP contribution in [0.15, 0.2) is 24.5 Å². The van der Waals surface area contributed by atoms with Gasteiger partial charge < -0.3 is 0 Å². The van der Waals surface area contributed by atoms with Crippen LogP contribution >= 0.6 is 0 Å². The topological polar surface area (TPSA) is 47.8 Å². The van der Waals surface area contributed by atoms with E-state index < -0.39 is 0 Å². The molecule has 4 heteroatoms. The molecule has 0 N–H and O–H groups in total. The molecular formula is C27H37N3O. The zero-order chi connectivity index (χ0) is 21.2. The largest absolute Gasteiger partial charge is 0.297 e. The molecule has 31 heavy (non-hydrogen) atoms. The minimum atomic E-state index is 0.206. The predicted octanol–water partition coefficient (Wildman–Crippen LogP) is 5.91. The lowest BCUT2D eigenvalue weighted by Crippen LogP contribution is -2.49. The highest BCUT2D eigenvalue weighted by Crippen LogP contribution is 2.64.